The van der Waals surface area contributed by atoms with Crippen molar-refractivity contribution in [3.63, 3.8) is 0 Å². The fourth-order valence-electron chi connectivity index (χ4n) is 4.10. The number of carbonyl (C=O) groups is 2. The first-order valence-corrected chi connectivity index (χ1v) is 12.7. The number of hydrogen-bond donors (Lipinski definition) is 1. The third-order valence-electron chi connectivity index (χ3n) is 5.94. The van der Waals surface area contributed by atoms with E-state index in [1.54, 1.807) is 31.4 Å². The van der Waals surface area contributed by atoms with E-state index < -0.39 is 5.25 Å². The molecule has 2 aliphatic heterocycles. The average molecular weight is 519 g/mol. The van der Waals surface area contributed by atoms with E-state index in [0.29, 0.717) is 28.0 Å². The van der Waals surface area contributed by atoms with Gasteiger partial charge in [0.15, 0.2) is 5.17 Å². The van der Waals surface area contributed by atoms with Crippen LogP contribution < -0.4 is 10.1 Å². The van der Waals surface area contributed by atoms with Crippen molar-refractivity contribution >= 4 is 51.7 Å². The van der Waals surface area contributed by atoms with E-state index >= 15 is 0 Å². The van der Waals surface area contributed by atoms with Gasteiger partial charge < -0.3 is 10.1 Å². The van der Waals surface area contributed by atoms with Gasteiger partial charge in [-0.3, -0.25) is 9.59 Å². The minimum Gasteiger partial charge on any atom is -0.497 e. The van der Waals surface area contributed by atoms with Gasteiger partial charge in [-0.2, -0.15) is 10.1 Å². The topological polar surface area (TPSA) is 83.4 Å². The summed E-state index contributed by atoms with van der Waals surface area (Å²) in [5, 5.41) is 10.0. The van der Waals surface area contributed by atoms with Crippen LogP contribution in [0.15, 0.2) is 89.0 Å². The molecule has 2 heterocycles. The number of ether oxygens (including phenoxy) is 1. The van der Waals surface area contributed by atoms with Gasteiger partial charge in [0.2, 0.25) is 5.91 Å². The highest BCUT2D eigenvalue weighted by molar-refractivity contribution is 8.15. The molecule has 2 atom stereocenters. The molecule has 0 bridgehead atoms. The Balaban J connectivity index is 1.32. The third-order valence-corrected chi connectivity index (χ3v) is 7.34. The zero-order valence-corrected chi connectivity index (χ0v) is 21.0. The van der Waals surface area contributed by atoms with Crippen molar-refractivity contribution < 1.29 is 14.3 Å². The summed E-state index contributed by atoms with van der Waals surface area (Å²) in [5.74, 6) is 0.111. The molecule has 7 nitrogen and oxygen atoms in total. The summed E-state index contributed by atoms with van der Waals surface area (Å²) in [6.07, 6.45) is 0.669. The highest BCUT2D eigenvalue weighted by Crippen LogP contribution is 2.38. The summed E-state index contributed by atoms with van der Waals surface area (Å²) in [6, 6.07) is 24.5. The van der Waals surface area contributed by atoms with Crippen molar-refractivity contribution in [2.45, 2.75) is 24.1 Å². The molecule has 0 radical (unpaired) electrons. The molecule has 0 aliphatic carbocycles. The molecule has 9 heteroatoms. The Morgan fingerprint density at radius 2 is 1.81 bits per heavy atom. The van der Waals surface area contributed by atoms with Crippen molar-refractivity contribution in [2.75, 3.05) is 12.4 Å². The lowest BCUT2D eigenvalue weighted by Crippen LogP contribution is -2.25. The van der Waals surface area contributed by atoms with Gasteiger partial charge in [0, 0.05) is 23.6 Å². The average Bonchev–Trinajstić information content (AvgIpc) is 3.49. The van der Waals surface area contributed by atoms with Crippen LogP contribution in [0.3, 0.4) is 0 Å². The monoisotopic (exact) mass is 518 g/mol. The van der Waals surface area contributed by atoms with Gasteiger partial charge in [-0.05, 0) is 47.5 Å². The predicted octanol–water partition coefficient (Wildman–Crippen LogP) is 5.53. The van der Waals surface area contributed by atoms with E-state index in [2.05, 4.69) is 10.3 Å². The zero-order valence-electron chi connectivity index (χ0n) is 19.4. The van der Waals surface area contributed by atoms with Gasteiger partial charge in [0.1, 0.15) is 11.0 Å². The number of rotatable bonds is 6. The number of nitrogens with one attached hydrogen (secondary N) is 1. The normalized spacial score (nSPS) is 19.2. The van der Waals surface area contributed by atoms with Crippen LogP contribution in [0, 0.1) is 0 Å². The number of thioether (sulfide) groups is 1. The van der Waals surface area contributed by atoms with Crippen molar-refractivity contribution in [2.24, 2.45) is 10.1 Å². The van der Waals surface area contributed by atoms with E-state index in [4.69, 9.17) is 21.4 Å². The molecular formula is C27H23ClN4O3S. The van der Waals surface area contributed by atoms with Crippen LogP contribution in [0.2, 0.25) is 5.02 Å². The fourth-order valence-corrected chi connectivity index (χ4v) is 5.29. The van der Waals surface area contributed by atoms with Crippen LogP contribution in [0.5, 0.6) is 5.75 Å². The Morgan fingerprint density at radius 1 is 1.08 bits per heavy atom. The Hall–Kier alpha value is -3.62. The maximum Gasteiger partial charge on any atom is 0.262 e. The molecule has 0 unspecified atom stereocenters. The molecule has 0 saturated carbocycles. The molecule has 0 aromatic heterocycles. The molecule has 2 amide bonds. The summed E-state index contributed by atoms with van der Waals surface area (Å²) in [7, 11) is 1.58. The van der Waals surface area contributed by atoms with Crippen LogP contribution in [0.4, 0.5) is 5.69 Å². The van der Waals surface area contributed by atoms with Gasteiger partial charge in [-0.25, -0.2) is 5.01 Å². The first kappa shape index (κ1) is 24.1. The molecule has 0 fully saturated rings. The minimum atomic E-state index is -0.607. The number of anilines is 1. The van der Waals surface area contributed by atoms with E-state index in [9.17, 15) is 9.59 Å². The molecule has 36 heavy (non-hydrogen) atoms. The first-order valence-electron chi connectivity index (χ1n) is 11.4. The number of halogens is 1. The SMILES string of the molecule is COc1ccc(NC(=O)C[C@H]2SC(N3N=C(c4ccc(Cl)cc4)C[C@H]3c3ccccc3)=NC2=O)cc1. The predicted molar refractivity (Wildman–Crippen MR) is 144 cm³/mol. The van der Waals surface area contributed by atoms with Gasteiger partial charge in [0.05, 0.1) is 18.9 Å². The summed E-state index contributed by atoms with van der Waals surface area (Å²) in [6.45, 7) is 0. The second-order valence-corrected chi connectivity index (χ2v) is 9.95. The lowest BCUT2D eigenvalue weighted by molar-refractivity contribution is -0.121. The number of aliphatic imine (C=N–C) groups is 1. The van der Waals surface area contributed by atoms with E-state index in [1.807, 2.05) is 59.6 Å². The number of nitrogens with zero attached hydrogens (tertiary/aromatic N) is 3. The Labute approximate surface area is 218 Å². The van der Waals surface area contributed by atoms with Crippen molar-refractivity contribution in [1.82, 2.24) is 5.01 Å². The van der Waals surface area contributed by atoms with Crippen molar-refractivity contribution in [3.8, 4) is 5.75 Å². The summed E-state index contributed by atoms with van der Waals surface area (Å²) >= 11 is 7.34. The number of hydrazone groups is 1. The molecule has 3 aromatic carbocycles. The highest BCUT2D eigenvalue weighted by Gasteiger charge is 2.39. The lowest BCUT2D eigenvalue weighted by atomic mass is 9.99. The second kappa shape index (κ2) is 10.6. The molecule has 2 aliphatic rings. The summed E-state index contributed by atoms with van der Waals surface area (Å²) in [5.41, 5.74) is 3.56. The van der Waals surface area contributed by atoms with Crippen molar-refractivity contribution in [3.05, 3.63) is 95.0 Å². The van der Waals surface area contributed by atoms with Crippen LogP contribution in [0.1, 0.15) is 30.0 Å². The van der Waals surface area contributed by atoms with Crippen LogP contribution in [0.25, 0.3) is 0 Å². The van der Waals surface area contributed by atoms with E-state index in [1.165, 1.54) is 11.8 Å². The number of methoxy groups -OCH3 is 1. The van der Waals surface area contributed by atoms with Crippen LogP contribution in [-0.2, 0) is 9.59 Å². The summed E-state index contributed by atoms with van der Waals surface area (Å²) in [4.78, 5) is 29.7. The number of benzene rings is 3. The maximum absolute atomic E-state index is 12.8. The standard InChI is InChI=1S/C27H23ClN4O3S/c1-35-21-13-11-20(12-14-21)29-25(33)16-24-26(34)30-27(36-24)32-23(18-5-3-2-4-6-18)15-22(31-32)17-7-9-19(28)10-8-17/h2-14,23-24H,15-16H2,1H3,(H,29,33)/t23-,24+/m0/s1. The number of amides is 2. The van der Waals surface area contributed by atoms with Gasteiger partial charge in [0.25, 0.3) is 5.91 Å². The van der Waals surface area contributed by atoms with Crippen LogP contribution in [-0.4, -0.2) is 40.1 Å². The molecule has 5 rings (SSSR count). The molecule has 1 N–H and O–H groups in total. The van der Waals surface area contributed by atoms with E-state index in [-0.39, 0.29) is 24.3 Å². The van der Waals surface area contributed by atoms with Crippen molar-refractivity contribution in [1.29, 1.82) is 0 Å². The molecular weight excluding hydrogens is 496 g/mol. The highest BCUT2D eigenvalue weighted by atomic mass is 35.5. The van der Waals surface area contributed by atoms with E-state index in [0.717, 1.165) is 16.8 Å². The fraction of sp³-hybridized carbons (Fsp3) is 0.185. The molecule has 3 aromatic rings. The second-order valence-electron chi connectivity index (χ2n) is 8.35. The van der Waals surface area contributed by atoms with Gasteiger partial charge in [-0.15, -0.1) is 0 Å². The molecule has 182 valence electrons. The van der Waals surface area contributed by atoms with Gasteiger partial charge >= 0.3 is 0 Å². The smallest absolute Gasteiger partial charge is 0.262 e. The minimum absolute atomic E-state index is 0.0140. The largest absolute Gasteiger partial charge is 0.497 e. The number of carbonyl (C=O) groups excluding carboxylic acids is 2. The van der Waals surface area contributed by atoms with Gasteiger partial charge in [-0.1, -0.05) is 65.8 Å². The number of amidine groups is 1. The maximum atomic E-state index is 12.8. The summed E-state index contributed by atoms with van der Waals surface area (Å²) < 4.78 is 5.14. The Morgan fingerprint density at radius 3 is 2.50 bits per heavy atom. The first-order chi connectivity index (χ1) is 17.5. The molecule has 0 spiro atoms. The number of hydrogen-bond acceptors (Lipinski definition) is 6. The quantitative estimate of drug-likeness (QED) is 0.464. The third kappa shape index (κ3) is 5.29. The van der Waals surface area contributed by atoms with Crippen LogP contribution >= 0.6 is 23.4 Å². The zero-order chi connectivity index (χ0) is 25.1. The Bertz CT molecular complexity index is 1330. The lowest BCUT2D eigenvalue weighted by Gasteiger charge is -2.23. The molecule has 0 saturated heterocycles. The Kier molecular flexibility index (Phi) is 7.06.